The van der Waals surface area contributed by atoms with Gasteiger partial charge in [0, 0.05) is 22.8 Å². The molecule has 1 aliphatic rings. The molecule has 2 atom stereocenters. The monoisotopic (exact) mass is 324 g/mol. The fourth-order valence-electron chi connectivity index (χ4n) is 1.93. The first-order valence-electron chi connectivity index (χ1n) is 6.34. The summed E-state index contributed by atoms with van der Waals surface area (Å²) in [6, 6.07) is 7.82. The standard InChI is InChI=1S/C14H17BrN2O2/c1-10(8-19-12-4-5-18-9-12)17-14-3-2-11(7-16)6-13(14)15/h2-3,6,10,12,17H,4-5,8-9H2,1H3/t10-,12+/m1/s1. The lowest BCUT2D eigenvalue weighted by atomic mass is 10.2. The lowest BCUT2D eigenvalue weighted by Crippen LogP contribution is -2.26. The summed E-state index contributed by atoms with van der Waals surface area (Å²) in [5.41, 5.74) is 1.61. The first kappa shape index (κ1) is 14.3. The van der Waals surface area contributed by atoms with Gasteiger partial charge in [-0.1, -0.05) is 0 Å². The predicted octanol–water partition coefficient (Wildman–Crippen LogP) is 2.93. The molecule has 1 aromatic rings. The third kappa shape index (κ3) is 4.20. The average molecular weight is 325 g/mol. The Morgan fingerprint density at radius 3 is 3.11 bits per heavy atom. The quantitative estimate of drug-likeness (QED) is 0.904. The highest BCUT2D eigenvalue weighted by Gasteiger charge is 2.17. The number of nitriles is 1. The van der Waals surface area contributed by atoms with Crippen molar-refractivity contribution in [3.63, 3.8) is 0 Å². The first-order valence-corrected chi connectivity index (χ1v) is 7.14. The van der Waals surface area contributed by atoms with Crippen LogP contribution in [0.1, 0.15) is 18.9 Å². The van der Waals surface area contributed by atoms with Gasteiger partial charge in [0.05, 0.1) is 31.0 Å². The molecule has 0 spiro atoms. The SMILES string of the molecule is C[C@H](CO[C@H]1CCOC1)Nc1ccc(C#N)cc1Br. The van der Waals surface area contributed by atoms with Crippen LogP contribution in [0, 0.1) is 11.3 Å². The fraction of sp³-hybridized carbons (Fsp3) is 0.500. The number of hydrogen-bond donors (Lipinski definition) is 1. The van der Waals surface area contributed by atoms with Gasteiger partial charge in [-0.05, 0) is 47.5 Å². The van der Waals surface area contributed by atoms with Crippen LogP contribution in [0.2, 0.25) is 0 Å². The number of rotatable bonds is 5. The highest BCUT2D eigenvalue weighted by atomic mass is 79.9. The Morgan fingerprint density at radius 1 is 1.63 bits per heavy atom. The molecule has 0 radical (unpaired) electrons. The Kier molecular flexibility index (Phi) is 5.20. The molecular weight excluding hydrogens is 308 g/mol. The Labute approximate surface area is 121 Å². The summed E-state index contributed by atoms with van der Waals surface area (Å²) in [5.74, 6) is 0. The van der Waals surface area contributed by atoms with Gasteiger partial charge in [0.1, 0.15) is 0 Å². The van der Waals surface area contributed by atoms with E-state index in [1.807, 2.05) is 6.07 Å². The highest BCUT2D eigenvalue weighted by Crippen LogP contribution is 2.24. The van der Waals surface area contributed by atoms with Crippen LogP contribution in [-0.2, 0) is 9.47 Å². The lowest BCUT2D eigenvalue weighted by molar-refractivity contribution is 0.0395. The van der Waals surface area contributed by atoms with Gasteiger partial charge in [-0.25, -0.2) is 0 Å². The molecule has 0 saturated carbocycles. The highest BCUT2D eigenvalue weighted by molar-refractivity contribution is 9.10. The molecule has 1 fully saturated rings. The van der Waals surface area contributed by atoms with Crippen molar-refractivity contribution in [3.8, 4) is 6.07 Å². The molecule has 0 amide bonds. The summed E-state index contributed by atoms with van der Waals surface area (Å²) in [7, 11) is 0. The van der Waals surface area contributed by atoms with Crippen molar-refractivity contribution in [3.05, 3.63) is 28.2 Å². The molecule has 0 aliphatic carbocycles. The van der Waals surface area contributed by atoms with Gasteiger partial charge in [0.25, 0.3) is 0 Å². The van der Waals surface area contributed by atoms with Crippen LogP contribution >= 0.6 is 15.9 Å². The Bertz CT molecular complexity index is 467. The van der Waals surface area contributed by atoms with Gasteiger partial charge in [0.2, 0.25) is 0 Å². The molecule has 4 nitrogen and oxygen atoms in total. The Morgan fingerprint density at radius 2 is 2.47 bits per heavy atom. The number of halogens is 1. The number of ether oxygens (including phenoxy) is 2. The maximum atomic E-state index is 8.82. The van der Waals surface area contributed by atoms with Crippen molar-refractivity contribution in [2.45, 2.75) is 25.5 Å². The molecule has 102 valence electrons. The zero-order valence-corrected chi connectivity index (χ0v) is 12.4. The molecule has 0 bridgehead atoms. The summed E-state index contributed by atoms with van der Waals surface area (Å²) >= 11 is 3.46. The summed E-state index contributed by atoms with van der Waals surface area (Å²) in [5, 5.41) is 12.2. The lowest BCUT2D eigenvalue weighted by Gasteiger charge is -2.18. The molecule has 1 N–H and O–H groups in total. The van der Waals surface area contributed by atoms with E-state index in [0.29, 0.717) is 18.8 Å². The molecule has 2 rings (SSSR count). The topological polar surface area (TPSA) is 54.3 Å². The van der Waals surface area contributed by atoms with Crippen molar-refractivity contribution in [1.29, 1.82) is 5.26 Å². The third-order valence-electron chi connectivity index (χ3n) is 2.97. The van der Waals surface area contributed by atoms with Crippen LogP contribution in [0.4, 0.5) is 5.69 Å². The smallest absolute Gasteiger partial charge is 0.0992 e. The van der Waals surface area contributed by atoms with Crippen molar-refractivity contribution in [1.82, 2.24) is 0 Å². The molecule has 1 aliphatic heterocycles. The van der Waals surface area contributed by atoms with E-state index >= 15 is 0 Å². The number of anilines is 1. The predicted molar refractivity (Wildman–Crippen MR) is 77.1 cm³/mol. The number of nitrogens with one attached hydrogen (secondary N) is 1. The van der Waals surface area contributed by atoms with Gasteiger partial charge in [-0.2, -0.15) is 5.26 Å². The van der Waals surface area contributed by atoms with E-state index in [2.05, 4.69) is 34.2 Å². The van der Waals surface area contributed by atoms with Gasteiger partial charge >= 0.3 is 0 Å². The molecular formula is C14H17BrN2O2. The molecule has 0 aromatic heterocycles. The minimum absolute atomic E-state index is 0.199. The van der Waals surface area contributed by atoms with Crippen LogP contribution in [0.3, 0.4) is 0 Å². The summed E-state index contributed by atoms with van der Waals surface area (Å²) in [4.78, 5) is 0. The normalized spacial score (nSPS) is 19.9. The van der Waals surface area contributed by atoms with Crippen LogP contribution in [0.5, 0.6) is 0 Å². The van der Waals surface area contributed by atoms with Crippen LogP contribution in [0.15, 0.2) is 22.7 Å². The summed E-state index contributed by atoms with van der Waals surface area (Å²) in [6.45, 7) is 4.21. The number of benzene rings is 1. The van der Waals surface area contributed by atoms with E-state index < -0.39 is 0 Å². The first-order chi connectivity index (χ1) is 9.19. The number of hydrogen-bond acceptors (Lipinski definition) is 4. The second-order valence-electron chi connectivity index (χ2n) is 4.67. The van der Waals surface area contributed by atoms with E-state index in [0.717, 1.165) is 23.2 Å². The second kappa shape index (κ2) is 6.90. The van der Waals surface area contributed by atoms with Crippen LogP contribution in [0.25, 0.3) is 0 Å². The van der Waals surface area contributed by atoms with Crippen molar-refractivity contribution in [2.75, 3.05) is 25.1 Å². The molecule has 19 heavy (non-hydrogen) atoms. The van der Waals surface area contributed by atoms with Crippen molar-refractivity contribution >= 4 is 21.6 Å². The van der Waals surface area contributed by atoms with Gasteiger partial charge in [0.15, 0.2) is 0 Å². The van der Waals surface area contributed by atoms with E-state index in [1.54, 1.807) is 12.1 Å². The van der Waals surface area contributed by atoms with Crippen molar-refractivity contribution in [2.24, 2.45) is 0 Å². The summed E-state index contributed by atoms with van der Waals surface area (Å²) < 4.78 is 11.9. The molecule has 1 aromatic carbocycles. The zero-order chi connectivity index (χ0) is 13.7. The maximum Gasteiger partial charge on any atom is 0.0992 e. The fourth-order valence-corrected chi connectivity index (χ4v) is 2.43. The van der Waals surface area contributed by atoms with E-state index in [-0.39, 0.29) is 12.1 Å². The number of nitrogens with zero attached hydrogens (tertiary/aromatic N) is 1. The minimum Gasteiger partial charge on any atom is -0.379 e. The van der Waals surface area contributed by atoms with Gasteiger partial charge < -0.3 is 14.8 Å². The molecule has 1 heterocycles. The molecule has 1 saturated heterocycles. The maximum absolute atomic E-state index is 8.82. The Balaban J connectivity index is 1.84. The van der Waals surface area contributed by atoms with Crippen LogP contribution in [-0.4, -0.2) is 32.0 Å². The van der Waals surface area contributed by atoms with E-state index in [4.69, 9.17) is 14.7 Å². The molecule has 0 unspecified atom stereocenters. The van der Waals surface area contributed by atoms with Gasteiger partial charge in [-0.15, -0.1) is 0 Å². The minimum atomic E-state index is 0.199. The second-order valence-corrected chi connectivity index (χ2v) is 5.53. The summed E-state index contributed by atoms with van der Waals surface area (Å²) in [6.07, 6.45) is 1.21. The Hall–Kier alpha value is -1.09. The molecule has 5 heteroatoms. The van der Waals surface area contributed by atoms with Gasteiger partial charge in [-0.3, -0.25) is 0 Å². The van der Waals surface area contributed by atoms with Crippen molar-refractivity contribution < 1.29 is 9.47 Å². The zero-order valence-electron chi connectivity index (χ0n) is 10.9. The van der Waals surface area contributed by atoms with E-state index in [1.165, 1.54) is 0 Å². The average Bonchev–Trinajstić information content (AvgIpc) is 2.92. The van der Waals surface area contributed by atoms with Crippen LogP contribution < -0.4 is 5.32 Å². The van der Waals surface area contributed by atoms with E-state index in [9.17, 15) is 0 Å². The third-order valence-corrected chi connectivity index (χ3v) is 3.63. The largest absolute Gasteiger partial charge is 0.379 e.